The fourth-order valence-electron chi connectivity index (χ4n) is 3.68. The average molecular weight is 666 g/mol. The Labute approximate surface area is 238 Å². The van der Waals surface area contributed by atoms with E-state index < -0.39 is 101 Å². The summed E-state index contributed by atoms with van der Waals surface area (Å²) in [5.74, 6) is -0.494. The Morgan fingerprint density at radius 1 is 1.12 bits per heavy atom. The number of phosphoric ester groups is 1. The molecule has 2 aliphatic heterocycles. The van der Waals surface area contributed by atoms with Crippen LogP contribution in [0.1, 0.15) is 13.2 Å². The molecule has 1 aromatic rings. The Bertz CT molecular complexity index is 1360. The maximum atomic E-state index is 11.7. The molecule has 26 heteroatoms. The molecule has 0 radical (unpaired) electrons. The van der Waals surface area contributed by atoms with Crippen LogP contribution in [-0.4, -0.2) is 118 Å². The van der Waals surface area contributed by atoms with E-state index in [4.69, 9.17) is 34.8 Å². The summed E-state index contributed by atoms with van der Waals surface area (Å²) >= 11 is 0. The molecule has 10 atom stereocenters. The summed E-state index contributed by atoms with van der Waals surface area (Å²) < 4.78 is 40.7. The molecule has 3 heterocycles. The summed E-state index contributed by atoms with van der Waals surface area (Å²) in [5, 5.41) is 53.2. The number of rotatable bonds is 10. The minimum absolute atomic E-state index is 0.494. The molecule has 10 N–H and O–H groups in total. The molecule has 3 rings (SSSR count). The van der Waals surface area contributed by atoms with Crippen molar-refractivity contribution < 1.29 is 77.3 Å². The highest BCUT2D eigenvalue weighted by atomic mass is 31.3. The Morgan fingerprint density at radius 3 is 2.28 bits per heavy atom. The smallest absolute Gasteiger partial charge is 0.400 e. The standard InChI is InChI=1S/C9H14N2O12P2.C8H14N4O6/c12-5-1-2-11(9(15)10-5)8-7(14)6(13)4(22-8)3-21-25(19,20)23-24(16,17)18;1-3(14)10-5-7(16)6(15)4(2-13)17-8(5)18-12-11-9/h1-2,4,6-8,13-14H,3H2,(H,19,20)(H,10,12,15)(H2,16,17,18);4-8,13,15-16H,2H2,1H3,(H,10,14)/t4-,6-,7-,8-;4-,5-,6+,7-,8?/m11/s1. The van der Waals surface area contributed by atoms with Crippen LogP contribution in [-0.2, 0) is 37.1 Å². The number of carbonyl (C=O) groups is 1. The molecule has 24 nitrogen and oxygen atoms in total. The summed E-state index contributed by atoms with van der Waals surface area (Å²) in [5.41, 5.74) is 6.49. The summed E-state index contributed by atoms with van der Waals surface area (Å²) in [4.78, 5) is 68.6. The number of carbonyl (C=O) groups excluding carboxylic acids is 1. The van der Waals surface area contributed by atoms with Gasteiger partial charge in [0.1, 0.15) is 47.9 Å². The van der Waals surface area contributed by atoms with E-state index in [2.05, 4.69) is 29.2 Å². The molecule has 2 fully saturated rings. The highest BCUT2D eigenvalue weighted by Crippen LogP contribution is 2.57. The summed E-state index contributed by atoms with van der Waals surface area (Å²) in [6, 6.07) is -0.158. The van der Waals surface area contributed by atoms with Gasteiger partial charge in [-0.05, 0) is 5.53 Å². The zero-order valence-electron chi connectivity index (χ0n) is 21.6. The van der Waals surface area contributed by atoms with E-state index in [-0.39, 0.29) is 0 Å². The number of hydrogen-bond acceptors (Lipinski definition) is 16. The third kappa shape index (κ3) is 10.4. The summed E-state index contributed by atoms with van der Waals surface area (Å²) in [6.45, 7) is -0.274. The highest BCUT2D eigenvalue weighted by Gasteiger charge is 2.47. The number of phosphoric acid groups is 2. The van der Waals surface area contributed by atoms with E-state index in [0.29, 0.717) is 0 Å². The maximum absolute atomic E-state index is 11.7. The number of hydrogen-bond donors (Lipinski definition) is 10. The van der Waals surface area contributed by atoms with Crippen molar-refractivity contribution in [3.8, 4) is 0 Å². The van der Waals surface area contributed by atoms with Gasteiger partial charge in [-0.2, -0.15) is 4.31 Å². The number of ether oxygens (including phenoxy) is 2. The first-order valence-corrected chi connectivity index (χ1v) is 14.6. The monoisotopic (exact) mass is 666 g/mol. The fraction of sp³-hybridized carbons (Fsp3) is 0.706. The zero-order chi connectivity index (χ0) is 32.7. The predicted octanol–water partition coefficient (Wildman–Crippen LogP) is -4.45. The van der Waals surface area contributed by atoms with Gasteiger partial charge in [-0.15, -0.1) is 0 Å². The lowest BCUT2D eigenvalue weighted by Gasteiger charge is -2.40. The van der Waals surface area contributed by atoms with Crippen LogP contribution in [0.5, 0.6) is 0 Å². The second-order valence-electron chi connectivity index (χ2n) is 8.61. The lowest BCUT2D eigenvalue weighted by molar-refractivity contribution is -0.271. The second kappa shape index (κ2) is 15.3. The van der Waals surface area contributed by atoms with Crippen LogP contribution < -0.4 is 16.6 Å². The Morgan fingerprint density at radius 2 is 1.74 bits per heavy atom. The molecule has 1 amide bonds. The largest absolute Gasteiger partial charge is 0.481 e. The minimum Gasteiger partial charge on any atom is -0.400 e. The molecule has 0 saturated carbocycles. The van der Waals surface area contributed by atoms with Crippen molar-refractivity contribution in [2.45, 2.75) is 62.1 Å². The Hall–Kier alpha value is -2.76. The normalized spacial score (nSPS) is 32.0. The van der Waals surface area contributed by atoms with Crippen LogP contribution in [0.3, 0.4) is 0 Å². The molecular formula is C17H28N6O18P2. The van der Waals surface area contributed by atoms with Crippen molar-refractivity contribution in [2.24, 2.45) is 5.28 Å². The SMILES string of the molecule is CC(=O)N[C@H]1C(ON=[N+]=[N-])O[C@H](CO)[C@H](O)[C@@H]1O.O=c1ccn([C@@H]2O[C@H](COP(=O)(O)OP(=O)(O)O)[C@@H](O)[C@H]2O)c(=O)[nH]1. The predicted molar refractivity (Wildman–Crippen MR) is 132 cm³/mol. The number of H-pyrrole nitrogens is 1. The van der Waals surface area contributed by atoms with Crippen molar-refractivity contribution >= 4 is 21.6 Å². The van der Waals surface area contributed by atoms with Crippen LogP contribution in [0.15, 0.2) is 27.1 Å². The van der Waals surface area contributed by atoms with E-state index in [0.717, 1.165) is 16.8 Å². The van der Waals surface area contributed by atoms with E-state index in [9.17, 15) is 43.9 Å². The number of nitrogens with one attached hydrogen (secondary N) is 2. The molecule has 0 aromatic carbocycles. The van der Waals surface area contributed by atoms with Crippen LogP contribution in [0, 0.1) is 0 Å². The topological polar surface area (TPSA) is 375 Å². The maximum Gasteiger partial charge on any atom is 0.481 e. The molecule has 0 spiro atoms. The van der Waals surface area contributed by atoms with E-state index >= 15 is 0 Å². The van der Waals surface area contributed by atoms with Gasteiger partial charge in [-0.1, -0.05) is 0 Å². The van der Waals surface area contributed by atoms with Gasteiger partial charge in [0.15, 0.2) is 6.23 Å². The third-order valence-corrected chi connectivity index (χ3v) is 7.66. The summed E-state index contributed by atoms with van der Waals surface area (Å²) in [7, 11) is -10.5. The van der Waals surface area contributed by atoms with Gasteiger partial charge < -0.3 is 59.8 Å². The number of azide groups is 1. The quantitative estimate of drug-likeness (QED) is 0.0370. The third-order valence-electron chi connectivity index (χ3n) is 5.51. The van der Waals surface area contributed by atoms with Gasteiger partial charge in [-0.25, -0.2) is 13.9 Å². The number of aromatic amines is 1. The minimum atomic E-state index is -5.32. The van der Waals surface area contributed by atoms with E-state index in [1.165, 1.54) is 6.92 Å². The average Bonchev–Trinajstić information content (AvgIpc) is 3.17. The van der Waals surface area contributed by atoms with Gasteiger partial charge in [0.2, 0.25) is 12.2 Å². The van der Waals surface area contributed by atoms with Crippen molar-refractivity contribution in [2.75, 3.05) is 13.2 Å². The van der Waals surface area contributed by atoms with Crippen molar-refractivity contribution in [1.29, 1.82) is 0 Å². The lowest BCUT2D eigenvalue weighted by Crippen LogP contribution is -2.64. The molecular weight excluding hydrogens is 638 g/mol. The van der Waals surface area contributed by atoms with Crippen LogP contribution in [0.4, 0.5) is 0 Å². The fourth-order valence-corrected chi connectivity index (χ4v) is 5.28. The Kier molecular flexibility index (Phi) is 13.0. The van der Waals surface area contributed by atoms with Crippen LogP contribution in [0.25, 0.3) is 10.4 Å². The van der Waals surface area contributed by atoms with Gasteiger partial charge in [0.25, 0.3) is 5.56 Å². The molecule has 1 aromatic heterocycles. The number of aromatic nitrogens is 2. The molecule has 0 aliphatic carbocycles. The Balaban J connectivity index is 0.000000317. The van der Waals surface area contributed by atoms with Crippen molar-refractivity contribution in [3.05, 3.63) is 43.5 Å². The number of aliphatic hydroxyl groups is 5. The number of aliphatic hydroxyl groups excluding tert-OH is 5. The van der Waals surface area contributed by atoms with Crippen molar-refractivity contribution in [1.82, 2.24) is 14.9 Å². The first kappa shape index (κ1) is 36.4. The lowest BCUT2D eigenvalue weighted by atomic mass is 9.97. The van der Waals surface area contributed by atoms with Gasteiger partial charge in [-0.3, -0.25) is 23.7 Å². The van der Waals surface area contributed by atoms with Gasteiger partial charge in [0.05, 0.1) is 13.2 Å². The molecule has 2 saturated heterocycles. The van der Waals surface area contributed by atoms with Crippen LogP contribution >= 0.6 is 15.6 Å². The molecule has 43 heavy (non-hydrogen) atoms. The molecule has 2 unspecified atom stereocenters. The van der Waals surface area contributed by atoms with Gasteiger partial charge >= 0.3 is 21.3 Å². The first-order valence-electron chi connectivity index (χ1n) is 11.6. The molecule has 2 aliphatic rings. The molecule has 0 bridgehead atoms. The van der Waals surface area contributed by atoms with Crippen molar-refractivity contribution in [3.63, 3.8) is 0 Å². The van der Waals surface area contributed by atoms with E-state index in [1.54, 1.807) is 0 Å². The summed E-state index contributed by atoms with van der Waals surface area (Å²) in [6.07, 6.45) is -10.5. The number of amides is 1. The number of nitrogens with zero attached hydrogens (tertiary/aromatic N) is 4. The van der Waals surface area contributed by atoms with Gasteiger partial charge in [0, 0.05) is 24.1 Å². The van der Waals surface area contributed by atoms with Crippen LogP contribution in [0.2, 0.25) is 0 Å². The molecule has 244 valence electrons. The zero-order valence-corrected chi connectivity index (χ0v) is 23.4. The highest BCUT2D eigenvalue weighted by molar-refractivity contribution is 7.60. The first-order chi connectivity index (χ1) is 19.9. The second-order valence-corrected chi connectivity index (χ2v) is 11.4. The van der Waals surface area contributed by atoms with E-state index in [1.807, 2.05) is 4.98 Å².